The normalized spacial score (nSPS) is 15.6. The van der Waals surface area contributed by atoms with Crippen LogP contribution in [0.1, 0.15) is 82.6 Å². The van der Waals surface area contributed by atoms with Gasteiger partial charge in [0, 0.05) is 24.5 Å². The fourth-order valence-electron chi connectivity index (χ4n) is 6.84. The first-order chi connectivity index (χ1) is 22.8. The van der Waals surface area contributed by atoms with Crippen molar-refractivity contribution in [2.24, 2.45) is 0 Å². The highest BCUT2D eigenvalue weighted by molar-refractivity contribution is 5.94. The van der Waals surface area contributed by atoms with Crippen molar-refractivity contribution in [1.29, 1.82) is 0 Å². The molecule has 47 heavy (non-hydrogen) atoms. The molecule has 4 aromatic rings. The van der Waals surface area contributed by atoms with E-state index in [1.165, 1.54) is 41.7 Å². The zero-order chi connectivity index (χ0) is 32.6. The summed E-state index contributed by atoms with van der Waals surface area (Å²) in [5.74, 6) is 1.48. The molecular formula is C39H42F3N3O2. The van der Waals surface area contributed by atoms with Crippen LogP contribution in [-0.4, -0.2) is 42.0 Å². The lowest BCUT2D eigenvalue weighted by atomic mass is 9.83. The van der Waals surface area contributed by atoms with Crippen LogP contribution in [0, 0.1) is 0 Å². The van der Waals surface area contributed by atoms with Crippen molar-refractivity contribution < 1.29 is 22.7 Å². The van der Waals surface area contributed by atoms with Gasteiger partial charge < -0.3 is 15.0 Å². The number of nitrogens with one attached hydrogen (secondary N) is 1. The van der Waals surface area contributed by atoms with Gasteiger partial charge in [0.05, 0.1) is 5.56 Å². The van der Waals surface area contributed by atoms with Gasteiger partial charge in [-0.1, -0.05) is 36.4 Å². The van der Waals surface area contributed by atoms with Gasteiger partial charge >= 0.3 is 6.18 Å². The second-order valence-electron chi connectivity index (χ2n) is 12.7. The Hall–Kier alpha value is -4.17. The summed E-state index contributed by atoms with van der Waals surface area (Å²) in [5.41, 5.74) is 6.67. The zero-order valence-electron chi connectivity index (χ0n) is 26.7. The summed E-state index contributed by atoms with van der Waals surface area (Å²) in [6.45, 7) is 4.30. The van der Waals surface area contributed by atoms with Crippen LogP contribution in [-0.2, 0) is 25.6 Å². The van der Waals surface area contributed by atoms with Crippen LogP contribution >= 0.6 is 0 Å². The number of piperidine rings is 1. The van der Waals surface area contributed by atoms with E-state index in [2.05, 4.69) is 27.3 Å². The zero-order valence-corrected chi connectivity index (χ0v) is 26.7. The molecule has 2 aliphatic rings. The van der Waals surface area contributed by atoms with Crippen LogP contribution in [0.3, 0.4) is 0 Å². The number of unbranched alkanes of at least 4 members (excludes halogenated alkanes) is 1. The molecule has 0 spiro atoms. The lowest BCUT2D eigenvalue weighted by Gasteiger charge is -2.34. The van der Waals surface area contributed by atoms with E-state index >= 15 is 0 Å². The average Bonchev–Trinajstić information content (AvgIpc) is 3.11. The molecular weight excluding hydrogens is 599 g/mol. The summed E-state index contributed by atoms with van der Waals surface area (Å²) in [7, 11) is 0. The minimum Gasteiger partial charge on any atom is -0.488 e. The van der Waals surface area contributed by atoms with Crippen molar-refractivity contribution >= 4 is 5.91 Å². The number of carbonyl (C=O) groups excluding carboxylic acids is 1. The number of carbonyl (C=O) groups is 1. The molecule has 8 heteroatoms. The van der Waals surface area contributed by atoms with Crippen molar-refractivity contribution in [2.45, 2.75) is 70.1 Å². The highest BCUT2D eigenvalue weighted by Gasteiger charge is 2.30. The first-order valence-electron chi connectivity index (χ1n) is 16.8. The van der Waals surface area contributed by atoms with Gasteiger partial charge in [0.15, 0.2) is 0 Å². The Kier molecular flexibility index (Phi) is 10.6. The van der Waals surface area contributed by atoms with E-state index in [0.717, 1.165) is 87.2 Å². The molecule has 5 nitrogen and oxygen atoms in total. The standard InChI is InChI=1S/C39H42F3N3O2/c40-39(41,42)34-14-11-30(12-15-34)29-7-9-33(10-8-29)38(46)44-21-3-4-24-45-25-19-32(20-26-45)36-16-13-31-5-1-2-6-35(31)37(36)47-27-28-17-22-43-23-18-28/h7-18,22-23,32H,1-6,19-21,24-27H2,(H,44,46). The van der Waals surface area contributed by atoms with Gasteiger partial charge in [-0.25, -0.2) is 0 Å². The number of likely N-dealkylation sites (tertiary alicyclic amines) is 1. The van der Waals surface area contributed by atoms with Gasteiger partial charge in [-0.2, -0.15) is 13.2 Å². The predicted molar refractivity (Wildman–Crippen MR) is 179 cm³/mol. The molecule has 1 aromatic heterocycles. The Morgan fingerprint density at radius 1 is 0.851 bits per heavy atom. The molecule has 3 aromatic carbocycles. The van der Waals surface area contributed by atoms with Crippen LogP contribution in [0.25, 0.3) is 11.1 Å². The summed E-state index contributed by atoms with van der Waals surface area (Å²) >= 11 is 0. The lowest BCUT2D eigenvalue weighted by Crippen LogP contribution is -2.34. The number of hydrogen-bond donors (Lipinski definition) is 1. The number of halogens is 3. The SMILES string of the molecule is O=C(NCCCCN1CCC(c2ccc3c(c2OCc2ccncc2)CCCC3)CC1)c1ccc(-c2ccc(C(F)(F)F)cc2)cc1. The van der Waals surface area contributed by atoms with Crippen molar-refractivity contribution in [1.82, 2.24) is 15.2 Å². The van der Waals surface area contributed by atoms with E-state index in [4.69, 9.17) is 4.74 Å². The predicted octanol–water partition coefficient (Wildman–Crippen LogP) is 8.61. The third-order valence-electron chi connectivity index (χ3n) is 9.55. The van der Waals surface area contributed by atoms with Crippen LogP contribution in [0.4, 0.5) is 13.2 Å². The number of rotatable bonds is 11. The number of fused-ring (bicyclic) bond motifs is 1. The summed E-state index contributed by atoms with van der Waals surface area (Å²) < 4.78 is 45.1. The van der Waals surface area contributed by atoms with E-state index in [1.807, 2.05) is 24.5 Å². The van der Waals surface area contributed by atoms with Crippen LogP contribution in [0.15, 0.2) is 85.2 Å². The number of aromatic nitrogens is 1. The number of nitrogens with zero attached hydrogens (tertiary/aromatic N) is 2. The minimum absolute atomic E-state index is 0.142. The molecule has 0 unspecified atom stereocenters. The van der Waals surface area contributed by atoms with E-state index in [0.29, 0.717) is 30.2 Å². The molecule has 1 aliphatic carbocycles. The molecule has 0 bridgehead atoms. The van der Waals surface area contributed by atoms with Gasteiger partial charge in [-0.15, -0.1) is 0 Å². The van der Waals surface area contributed by atoms with Crippen LogP contribution in [0.2, 0.25) is 0 Å². The molecule has 1 N–H and O–H groups in total. The number of amides is 1. The molecule has 0 atom stereocenters. The van der Waals surface area contributed by atoms with Crippen molar-refractivity contribution in [3.8, 4) is 16.9 Å². The third-order valence-corrected chi connectivity index (χ3v) is 9.55. The summed E-state index contributed by atoms with van der Waals surface area (Å²) in [6, 6.07) is 20.7. The Morgan fingerprint density at radius 3 is 2.23 bits per heavy atom. The average molecular weight is 642 g/mol. The molecule has 0 saturated carbocycles. The van der Waals surface area contributed by atoms with Gasteiger partial charge in [-0.3, -0.25) is 9.78 Å². The van der Waals surface area contributed by atoms with E-state index in [-0.39, 0.29) is 5.91 Å². The summed E-state index contributed by atoms with van der Waals surface area (Å²) in [5, 5.41) is 3.00. The molecule has 1 amide bonds. The quantitative estimate of drug-likeness (QED) is 0.167. The molecule has 2 heterocycles. The Labute approximate surface area is 275 Å². The third kappa shape index (κ3) is 8.41. The first-order valence-corrected chi connectivity index (χ1v) is 16.8. The van der Waals surface area contributed by atoms with Crippen molar-refractivity contribution in [3.63, 3.8) is 0 Å². The Balaban J connectivity index is 0.940. The smallest absolute Gasteiger partial charge is 0.416 e. The van der Waals surface area contributed by atoms with Crippen molar-refractivity contribution in [3.05, 3.63) is 119 Å². The summed E-state index contributed by atoms with van der Waals surface area (Å²) in [4.78, 5) is 19.3. The first kappa shape index (κ1) is 32.8. The molecule has 1 saturated heterocycles. The maximum atomic E-state index is 12.8. The van der Waals surface area contributed by atoms with Crippen molar-refractivity contribution in [2.75, 3.05) is 26.2 Å². The summed E-state index contributed by atoms with van der Waals surface area (Å²) in [6.07, 6.45) is 8.12. The molecule has 246 valence electrons. The lowest BCUT2D eigenvalue weighted by molar-refractivity contribution is -0.137. The van der Waals surface area contributed by atoms with Gasteiger partial charge in [0.2, 0.25) is 0 Å². The Bertz CT molecular complexity index is 1610. The highest BCUT2D eigenvalue weighted by atomic mass is 19.4. The van der Waals surface area contributed by atoms with Crippen LogP contribution in [0.5, 0.6) is 5.75 Å². The number of ether oxygens (including phenoxy) is 1. The topological polar surface area (TPSA) is 54.5 Å². The van der Waals surface area contributed by atoms with E-state index < -0.39 is 11.7 Å². The number of aryl methyl sites for hydroxylation is 1. The fourth-order valence-corrected chi connectivity index (χ4v) is 6.84. The minimum atomic E-state index is -4.36. The van der Waals surface area contributed by atoms with Gasteiger partial charge in [-0.05, 0) is 147 Å². The number of alkyl halides is 3. The largest absolute Gasteiger partial charge is 0.488 e. The molecule has 6 rings (SSSR count). The van der Waals surface area contributed by atoms with Gasteiger partial charge in [0.1, 0.15) is 12.4 Å². The number of hydrogen-bond acceptors (Lipinski definition) is 4. The fraction of sp³-hybridized carbons (Fsp3) is 0.385. The molecule has 1 fully saturated rings. The van der Waals surface area contributed by atoms with Crippen LogP contribution < -0.4 is 10.1 Å². The molecule has 1 aliphatic heterocycles. The highest BCUT2D eigenvalue weighted by Crippen LogP contribution is 2.40. The van der Waals surface area contributed by atoms with E-state index in [9.17, 15) is 18.0 Å². The second-order valence-corrected chi connectivity index (χ2v) is 12.7. The molecule has 0 radical (unpaired) electrons. The monoisotopic (exact) mass is 641 g/mol. The number of benzene rings is 3. The maximum absolute atomic E-state index is 12.8. The second kappa shape index (κ2) is 15.2. The maximum Gasteiger partial charge on any atom is 0.416 e. The number of pyridine rings is 1. The Morgan fingerprint density at radius 2 is 1.53 bits per heavy atom. The van der Waals surface area contributed by atoms with E-state index in [1.54, 1.807) is 24.3 Å². The van der Waals surface area contributed by atoms with Gasteiger partial charge in [0.25, 0.3) is 5.91 Å².